The molecular weight excluding hydrogens is 319 g/mol. The first-order valence-electron chi connectivity index (χ1n) is 6.25. The fraction of sp³-hybridized carbons (Fsp3) is 0.133. The maximum atomic E-state index is 13.5. The number of carbonyl (C=O) groups is 1. The van der Waals surface area contributed by atoms with Crippen molar-refractivity contribution in [2.75, 3.05) is 5.32 Å². The molecule has 2 aromatic carbocycles. The van der Waals surface area contributed by atoms with Crippen LogP contribution in [-0.4, -0.2) is 12.0 Å². The molecule has 0 spiro atoms. The lowest BCUT2D eigenvalue weighted by Crippen LogP contribution is -2.30. The van der Waals surface area contributed by atoms with E-state index in [-0.39, 0.29) is 0 Å². The van der Waals surface area contributed by atoms with Crippen molar-refractivity contribution >= 4 is 23.2 Å². The van der Waals surface area contributed by atoms with Crippen molar-refractivity contribution in [2.45, 2.75) is 13.0 Å². The molecule has 0 aromatic heterocycles. The summed E-state index contributed by atoms with van der Waals surface area (Å²) in [6.45, 7) is 1.42. The fourth-order valence-corrected chi connectivity index (χ4v) is 1.84. The Morgan fingerprint density at radius 3 is 2.59 bits per heavy atom. The Bertz CT molecular complexity index is 709. The lowest BCUT2D eigenvalue weighted by atomic mass is 10.2. The van der Waals surface area contributed by atoms with Crippen molar-refractivity contribution in [3.63, 3.8) is 0 Å². The molecule has 22 heavy (non-hydrogen) atoms. The Balaban J connectivity index is 2.07. The van der Waals surface area contributed by atoms with Gasteiger partial charge >= 0.3 is 0 Å². The summed E-state index contributed by atoms with van der Waals surface area (Å²) in [5.41, 5.74) is -0.467. The van der Waals surface area contributed by atoms with Gasteiger partial charge in [-0.2, -0.15) is 0 Å². The highest BCUT2D eigenvalue weighted by Crippen LogP contribution is 2.21. The van der Waals surface area contributed by atoms with Gasteiger partial charge in [0.2, 0.25) is 0 Å². The van der Waals surface area contributed by atoms with Crippen LogP contribution < -0.4 is 10.1 Å². The van der Waals surface area contributed by atoms with E-state index < -0.39 is 35.2 Å². The van der Waals surface area contributed by atoms with Gasteiger partial charge in [-0.15, -0.1) is 0 Å². The van der Waals surface area contributed by atoms with Crippen LogP contribution in [-0.2, 0) is 4.79 Å². The summed E-state index contributed by atoms with van der Waals surface area (Å²) in [6, 6.07) is 8.01. The van der Waals surface area contributed by atoms with Gasteiger partial charge in [0.1, 0.15) is 5.75 Å². The molecule has 1 N–H and O–H groups in total. The second-order valence-electron chi connectivity index (χ2n) is 4.43. The summed E-state index contributed by atoms with van der Waals surface area (Å²) in [5.74, 6) is -4.82. The van der Waals surface area contributed by atoms with Gasteiger partial charge in [-0.05, 0) is 37.3 Å². The monoisotopic (exact) mass is 329 g/mol. The van der Waals surface area contributed by atoms with E-state index in [4.69, 9.17) is 16.3 Å². The fourth-order valence-electron chi connectivity index (χ4n) is 1.65. The molecule has 0 radical (unpaired) electrons. The molecular formula is C15H11ClF3NO2. The first-order valence-corrected chi connectivity index (χ1v) is 6.63. The molecule has 116 valence electrons. The van der Waals surface area contributed by atoms with Crippen LogP contribution in [0.4, 0.5) is 18.9 Å². The number of ether oxygens (including phenoxy) is 1. The third-order valence-electron chi connectivity index (χ3n) is 2.77. The van der Waals surface area contributed by atoms with E-state index >= 15 is 0 Å². The molecule has 0 bridgehead atoms. The number of hydrogen-bond donors (Lipinski definition) is 1. The zero-order valence-corrected chi connectivity index (χ0v) is 12.1. The summed E-state index contributed by atoms with van der Waals surface area (Å²) in [5, 5.41) is 2.56. The molecule has 1 atom stereocenters. The number of hydrogen-bond acceptors (Lipinski definition) is 2. The Labute approximate surface area is 129 Å². The predicted molar refractivity (Wildman–Crippen MR) is 76.5 cm³/mol. The van der Waals surface area contributed by atoms with Crippen LogP contribution in [0.1, 0.15) is 6.92 Å². The van der Waals surface area contributed by atoms with Gasteiger partial charge in [0.05, 0.1) is 5.69 Å². The number of carbonyl (C=O) groups excluding carboxylic acids is 1. The predicted octanol–water partition coefficient (Wildman–Crippen LogP) is 4.16. The highest BCUT2D eigenvalue weighted by atomic mass is 35.5. The van der Waals surface area contributed by atoms with Gasteiger partial charge in [-0.1, -0.05) is 17.7 Å². The second-order valence-corrected chi connectivity index (χ2v) is 4.87. The molecule has 0 saturated heterocycles. The topological polar surface area (TPSA) is 38.3 Å². The summed E-state index contributed by atoms with van der Waals surface area (Å²) in [6.07, 6.45) is -0.994. The van der Waals surface area contributed by atoms with Gasteiger partial charge in [0.25, 0.3) is 5.91 Å². The van der Waals surface area contributed by atoms with Crippen LogP contribution in [0.25, 0.3) is 0 Å². The highest BCUT2D eigenvalue weighted by Gasteiger charge is 2.19. The maximum absolute atomic E-state index is 13.5. The Hall–Kier alpha value is -2.21. The summed E-state index contributed by atoms with van der Waals surface area (Å²) >= 11 is 5.78. The minimum absolute atomic E-state index is 0.348. The molecule has 0 fully saturated rings. The first kappa shape index (κ1) is 16.2. The minimum atomic E-state index is -1.65. The average molecular weight is 330 g/mol. The summed E-state index contributed by atoms with van der Waals surface area (Å²) < 4.78 is 44.7. The maximum Gasteiger partial charge on any atom is 0.265 e. The number of amides is 1. The Morgan fingerprint density at radius 1 is 1.18 bits per heavy atom. The molecule has 2 rings (SSSR count). The molecule has 0 heterocycles. The lowest BCUT2D eigenvalue weighted by molar-refractivity contribution is -0.122. The van der Waals surface area contributed by atoms with E-state index in [0.29, 0.717) is 10.8 Å². The van der Waals surface area contributed by atoms with Gasteiger partial charge < -0.3 is 10.1 Å². The SMILES string of the molecule is CC(Oc1cccc(Cl)c1)C(=O)Nc1ccc(F)c(F)c1F. The van der Waals surface area contributed by atoms with E-state index in [2.05, 4.69) is 5.32 Å². The van der Waals surface area contributed by atoms with E-state index in [0.717, 1.165) is 12.1 Å². The summed E-state index contributed by atoms with van der Waals surface area (Å²) in [7, 11) is 0. The molecule has 1 unspecified atom stereocenters. The van der Waals surface area contributed by atoms with Crippen molar-refractivity contribution in [3.05, 3.63) is 58.9 Å². The lowest BCUT2D eigenvalue weighted by Gasteiger charge is -2.15. The van der Waals surface area contributed by atoms with Crippen LogP contribution in [0, 0.1) is 17.5 Å². The molecule has 2 aromatic rings. The van der Waals surface area contributed by atoms with E-state index in [1.165, 1.54) is 13.0 Å². The third-order valence-corrected chi connectivity index (χ3v) is 3.01. The first-order chi connectivity index (χ1) is 10.4. The molecule has 0 aliphatic carbocycles. The number of rotatable bonds is 4. The van der Waals surface area contributed by atoms with E-state index in [9.17, 15) is 18.0 Å². The number of anilines is 1. The van der Waals surface area contributed by atoms with Gasteiger partial charge in [-0.3, -0.25) is 4.79 Å². The molecule has 0 aliphatic rings. The standard InChI is InChI=1S/C15H11ClF3NO2/c1-8(22-10-4-2-3-9(16)7-10)15(21)20-12-6-5-11(17)13(18)14(12)19/h2-8H,1H3,(H,20,21). The van der Waals surface area contributed by atoms with Crippen molar-refractivity contribution in [2.24, 2.45) is 0 Å². The van der Waals surface area contributed by atoms with E-state index in [1.54, 1.807) is 18.2 Å². The number of benzene rings is 2. The smallest absolute Gasteiger partial charge is 0.265 e. The third kappa shape index (κ3) is 3.71. The van der Waals surface area contributed by atoms with Crippen LogP contribution in [0.15, 0.2) is 36.4 Å². The van der Waals surface area contributed by atoms with Gasteiger partial charge in [0, 0.05) is 5.02 Å². The van der Waals surface area contributed by atoms with Crippen molar-refractivity contribution in [3.8, 4) is 5.75 Å². The second kappa shape index (κ2) is 6.70. The van der Waals surface area contributed by atoms with Crippen molar-refractivity contribution in [1.29, 1.82) is 0 Å². The molecule has 1 amide bonds. The number of halogens is 4. The molecule has 0 aliphatic heterocycles. The molecule has 3 nitrogen and oxygen atoms in total. The Kier molecular flexibility index (Phi) is 4.92. The molecule has 7 heteroatoms. The molecule has 0 saturated carbocycles. The van der Waals surface area contributed by atoms with Crippen molar-refractivity contribution in [1.82, 2.24) is 0 Å². The van der Waals surface area contributed by atoms with Gasteiger partial charge in [0.15, 0.2) is 23.6 Å². The van der Waals surface area contributed by atoms with Crippen LogP contribution in [0.2, 0.25) is 5.02 Å². The van der Waals surface area contributed by atoms with Crippen LogP contribution in [0.5, 0.6) is 5.75 Å². The van der Waals surface area contributed by atoms with Crippen molar-refractivity contribution < 1.29 is 22.7 Å². The largest absolute Gasteiger partial charge is 0.481 e. The zero-order valence-electron chi connectivity index (χ0n) is 11.4. The average Bonchev–Trinajstić information content (AvgIpc) is 2.47. The zero-order chi connectivity index (χ0) is 16.3. The quantitative estimate of drug-likeness (QED) is 0.855. The Morgan fingerprint density at radius 2 is 1.91 bits per heavy atom. The minimum Gasteiger partial charge on any atom is -0.481 e. The van der Waals surface area contributed by atoms with Crippen LogP contribution in [0.3, 0.4) is 0 Å². The van der Waals surface area contributed by atoms with Gasteiger partial charge in [-0.25, -0.2) is 13.2 Å². The normalized spacial score (nSPS) is 11.9. The number of nitrogens with one attached hydrogen (secondary N) is 1. The summed E-state index contributed by atoms with van der Waals surface area (Å²) in [4.78, 5) is 11.9. The highest BCUT2D eigenvalue weighted by molar-refractivity contribution is 6.30. The van der Waals surface area contributed by atoms with Crippen LogP contribution >= 0.6 is 11.6 Å². The van der Waals surface area contributed by atoms with E-state index in [1.807, 2.05) is 0 Å².